The standard InChI is InChI=1S/C19H15NO2/c21-18(12-11-15-6-2-1-3-7-15)22-14-17-9-4-8-16-10-5-13-20-19(16)17/h1-13H,14H2/b12-11+. The highest BCUT2D eigenvalue weighted by atomic mass is 16.5. The molecule has 0 spiro atoms. The molecule has 1 aromatic heterocycles. The van der Waals surface area contributed by atoms with Crippen molar-refractivity contribution in [2.24, 2.45) is 0 Å². The number of carbonyl (C=O) groups is 1. The van der Waals surface area contributed by atoms with Crippen molar-refractivity contribution in [3.63, 3.8) is 0 Å². The molecule has 1 heterocycles. The molecule has 0 atom stereocenters. The quantitative estimate of drug-likeness (QED) is 0.538. The number of fused-ring (bicyclic) bond motifs is 1. The highest BCUT2D eigenvalue weighted by molar-refractivity contribution is 5.87. The molecule has 3 aromatic rings. The van der Waals surface area contributed by atoms with E-state index in [0.29, 0.717) is 0 Å². The minimum Gasteiger partial charge on any atom is -0.458 e. The van der Waals surface area contributed by atoms with E-state index in [2.05, 4.69) is 4.98 Å². The summed E-state index contributed by atoms with van der Waals surface area (Å²) in [7, 11) is 0. The summed E-state index contributed by atoms with van der Waals surface area (Å²) in [5, 5.41) is 1.04. The van der Waals surface area contributed by atoms with Crippen molar-refractivity contribution >= 4 is 22.9 Å². The topological polar surface area (TPSA) is 39.2 Å². The SMILES string of the molecule is O=C(/C=C/c1ccccc1)OCc1cccc2cccnc12. The molecule has 0 unspecified atom stereocenters. The lowest BCUT2D eigenvalue weighted by Gasteiger charge is -2.05. The number of rotatable bonds is 4. The zero-order valence-corrected chi connectivity index (χ0v) is 12.0. The number of benzene rings is 2. The lowest BCUT2D eigenvalue weighted by Crippen LogP contribution is -2.01. The predicted octanol–water partition coefficient (Wildman–Crippen LogP) is 3.99. The van der Waals surface area contributed by atoms with Gasteiger partial charge in [-0.05, 0) is 17.7 Å². The Balaban J connectivity index is 1.67. The Morgan fingerprint density at radius 2 is 1.82 bits per heavy atom. The van der Waals surface area contributed by atoms with Crippen LogP contribution in [0.5, 0.6) is 0 Å². The molecule has 0 aliphatic carbocycles. The van der Waals surface area contributed by atoms with E-state index in [1.54, 1.807) is 12.3 Å². The van der Waals surface area contributed by atoms with Gasteiger partial charge in [0.15, 0.2) is 0 Å². The van der Waals surface area contributed by atoms with Crippen molar-refractivity contribution in [2.75, 3.05) is 0 Å². The van der Waals surface area contributed by atoms with Crippen molar-refractivity contribution in [3.8, 4) is 0 Å². The van der Waals surface area contributed by atoms with Crippen molar-refractivity contribution in [3.05, 3.63) is 84.1 Å². The van der Waals surface area contributed by atoms with E-state index in [4.69, 9.17) is 4.74 Å². The van der Waals surface area contributed by atoms with E-state index in [1.165, 1.54) is 6.08 Å². The van der Waals surface area contributed by atoms with Gasteiger partial charge in [0.05, 0.1) is 5.52 Å². The largest absolute Gasteiger partial charge is 0.458 e. The molecule has 3 heteroatoms. The van der Waals surface area contributed by atoms with E-state index in [9.17, 15) is 4.79 Å². The van der Waals surface area contributed by atoms with Crippen LogP contribution in [0.15, 0.2) is 72.9 Å². The van der Waals surface area contributed by atoms with Crippen LogP contribution in [-0.2, 0) is 16.1 Å². The zero-order chi connectivity index (χ0) is 15.2. The first-order chi connectivity index (χ1) is 10.8. The Morgan fingerprint density at radius 1 is 1.00 bits per heavy atom. The summed E-state index contributed by atoms with van der Waals surface area (Å²) < 4.78 is 5.29. The normalized spacial score (nSPS) is 10.9. The first kappa shape index (κ1) is 14.0. The van der Waals surface area contributed by atoms with Crippen LogP contribution in [0.2, 0.25) is 0 Å². The van der Waals surface area contributed by atoms with Gasteiger partial charge < -0.3 is 4.74 Å². The fourth-order valence-electron chi connectivity index (χ4n) is 2.21. The number of ether oxygens (including phenoxy) is 1. The molecule has 2 aromatic carbocycles. The second-order valence-electron chi connectivity index (χ2n) is 4.84. The highest BCUT2D eigenvalue weighted by Gasteiger charge is 2.04. The summed E-state index contributed by atoms with van der Waals surface area (Å²) in [6, 6.07) is 19.4. The number of nitrogens with zero attached hydrogens (tertiary/aromatic N) is 1. The van der Waals surface area contributed by atoms with E-state index in [1.807, 2.05) is 60.7 Å². The van der Waals surface area contributed by atoms with Crippen molar-refractivity contribution in [2.45, 2.75) is 6.61 Å². The Labute approximate surface area is 128 Å². The van der Waals surface area contributed by atoms with Gasteiger partial charge in [-0.15, -0.1) is 0 Å². The first-order valence-corrected chi connectivity index (χ1v) is 7.05. The van der Waals surface area contributed by atoms with Crippen LogP contribution in [0.4, 0.5) is 0 Å². The lowest BCUT2D eigenvalue weighted by atomic mass is 10.1. The van der Waals surface area contributed by atoms with Crippen LogP contribution >= 0.6 is 0 Å². The second kappa shape index (κ2) is 6.68. The Morgan fingerprint density at radius 3 is 2.68 bits per heavy atom. The summed E-state index contributed by atoms with van der Waals surface area (Å²) in [6.07, 6.45) is 4.92. The van der Waals surface area contributed by atoms with Gasteiger partial charge >= 0.3 is 5.97 Å². The number of carbonyl (C=O) groups excluding carboxylic acids is 1. The maximum Gasteiger partial charge on any atom is 0.331 e. The lowest BCUT2D eigenvalue weighted by molar-refractivity contribution is -0.138. The highest BCUT2D eigenvalue weighted by Crippen LogP contribution is 2.16. The Bertz CT molecular complexity index is 805. The van der Waals surface area contributed by atoms with Gasteiger partial charge in [0, 0.05) is 23.2 Å². The second-order valence-corrected chi connectivity index (χ2v) is 4.84. The number of aromatic nitrogens is 1. The third-order valence-corrected chi connectivity index (χ3v) is 3.30. The number of esters is 1. The molecule has 0 saturated heterocycles. The summed E-state index contributed by atoms with van der Waals surface area (Å²) in [4.78, 5) is 16.1. The maximum absolute atomic E-state index is 11.8. The van der Waals surface area contributed by atoms with Crippen LogP contribution in [0.1, 0.15) is 11.1 Å². The van der Waals surface area contributed by atoms with Crippen LogP contribution in [0.3, 0.4) is 0 Å². The molecule has 0 radical (unpaired) electrons. The van der Waals surface area contributed by atoms with Crippen molar-refractivity contribution < 1.29 is 9.53 Å². The monoisotopic (exact) mass is 289 g/mol. The molecular formula is C19H15NO2. The fourth-order valence-corrected chi connectivity index (χ4v) is 2.21. The molecule has 3 rings (SSSR count). The molecule has 3 nitrogen and oxygen atoms in total. The molecule has 0 saturated carbocycles. The van der Waals surface area contributed by atoms with Gasteiger partial charge in [-0.2, -0.15) is 0 Å². The van der Waals surface area contributed by atoms with Gasteiger partial charge in [0.25, 0.3) is 0 Å². The molecule has 108 valence electrons. The molecule has 0 bridgehead atoms. The minimum atomic E-state index is -0.364. The molecule has 0 aliphatic rings. The summed E-state index contributed by atoms with van der Waals surface area (Å²) in [5.41, 5.74) is 2.73. The Kier molecular flexibility index (Phi) is 4.25. The van der Waals surface area contributed by atoms with E-state index < -0.39 is 0 Å². The van der Waals surface area contributed by atoms with E-state index in [-0.39, 0.29) is 12.6 Å². The third kappa shape index (κ3) is 3.38. The molecule has 0 fully saturated rings. The van der Waals surface area contributed by atoms with Gasteiger partial charge in [-0.1, -0.05) is 54.6 Å². The molecule has 0 N–H and O–H groups in total. The van der Waals surface area contributed by atoms with E-state index >= 15 is 0 Å². The molecule has 0 aliphatic heterocycles. The van der Waals surface area contributed by atoms with Crippen molar-refractivity contribution in [1.82, 2.24) is 4.98 Å². The Hall–Kier alpha value is -2.94. The third-order valence-electron chi connectivity index (χ3n) is 3.30. The van der Waals surface area contributed by atoms with Crippen LogP contribution in [0, 0.1) is 0 Å². The molecule has 22 heavy (non-hydrogen) atoms. The maximum atomic E-state index is 11.8. The predicted molar refractivity (Wildman–Crippen MR) is 87.0 cm³/mol. The zero-order valence-electron chi connectivity index (χ0n) is 12.0. The first-order valence-electron chi connectivity index (χ1n) is 7.05. The summed E-state index contributed by atoms with van der Waals surface area (Å²) in [6.45, 7) is 0.215. The van der Waals surface area contributed by atoms with Gasteiger partial charge in [-0.25, -0.2) is 4.79 Å². The summed E-state index contributed by atoms with van der Waals surface area (Å²) >= 11 is 0. The van der Waals surface area contributed by atoms with Crippen LogP contribution < -0.4 is 0 Å². The number of hydrogen-bond acceptors (Lipinski definition) is 3. The van der Waals surface area contributed by atoms with Crippen LogP contribution in [0.25, 0.3) is 17.0 Å². The smallest absolute Gasteiger partial charge is 0.331 e. The number of hydrogen-bond donors (Lipinski definition) is 0. The van der Waals surface area contributed by atoms with Gasteiger partial charge in [-0.3, -0.25) is 4.98 Å². The average molecular weight is 289 g/mol. The number of para-hydroxylation sites is 1. The minimum absolute atomic E-state index is 0.215. The van der Waals surface area contributed by atoms with Gasteiger partial charge in [0.1, 0.15) is 6.61 Å². The fraction of sp³-hybridized carbons (Fsp3) is 0.0526. The van der Waals surface area contributed by atoms with E-state index in [0.717, 1.165) is 22.0 Å². The van der Waals surface area contributed by atoms with Crippen LogP contribution in [-0.4, -0.2) is 11.0 Å². The molecule has 0 amide bonds. The van der Waals surface area contributed by atoms with Gasteiger partial charge in [0.2, 0.25) is 0 Å². The number of pyridine rings is 1. The summed E-state index contributed by atoms with van der Waals surface area (Å²) in [5.74, 6) is -0.364. The average Bonchev–Trinajstić information content (AvgIpc) is 2.59. The molecular weight excluding hydrogens is 274 g/mol. The van der Waals surface area contributed by atoms with Crippen molar-refractivity contribution in [1.29, 1.82) is 0 Å².